The summed E-state index contributed by atoms with van der Waals surface area (Å²) < 4.78 is 6.24. The van der Waals surface area contributed by atoms with Gasteiger partial charge in [-0.25, -0.2) is 4.79 Å². The number of H-pyrrole nitrogens is 1. The van der Waals surface area contributed by atoms with Gasteiger partial charge in [-0.2, -0.15) is 0 Å². The fourth-order valence-electron chi connectivity index (χ4n) is 3.84. The molecule has 0 radical (unpaired) electrons. The van der Waals surface area contributed by atoms with Crippen molar-refractivity contribution in [2.45, 2.75) is 33.8 Å². The van der Waals surface area contributed by atoms with Crippen LogP contribution in [0, 0.1) is 5.41 Å². The Morgan fingerprint density at radius 3 is 2.44 bits per heavy atom. The van der Waals surface area contributed by atoms with Gasteiger partial charge in [0, 0.05) is 26.2 Å². The van der Waals surface area contributed by atoms with Crippen molar-refractivity contribution in [1.82, 2.24) is 14.8 Å². The third-order valence-corrected chi connectivity index (χ3v) is 6.50. The zero-order valence-electron chi connectivity index (χ0n) is 21.0. The van der Waals surface area contributed by atoms with Crippen molar-refractivity contribution >= 4 is 33.6 Å². The van der Waals surface area contributed by atoms with Crippen LogP contribution >= 0.6 is 11.3 Å². The second kappa shape index (κ2) is 11.9. The first-order valence-corrected chi connectivity index (χ1v) is 12.6. The number of phenolic OH excluding ortho intramolecular Hbond substituents is 1. The summed E-state index contributed by atoms with van der Waals surface area (Å²) in [5.74, 6) is -0.188. The Bertz CT molecular complexity index is 1260. The Morgan fingerprint density at radius 2 is 1.78 bits per heavy atom. The SMILES string of the molecule is C=CC(=O)N(CCN(CCc1ccc(O)c2[nH]c(=O)sc12)C(=O)OCc1ccccc1)CC(C)(C)C. The minimum Gasteiger partial charge on any atom is -0.506 e. The molecule has 9 heteroatoms. The number of aromatic nitrogens is 1. The van der Waals surface area contributed by atoms with Crippen LogP contribution in [0.2, 0.25) is 0 Å². The van der Waals surface area contributed by atoms with Crippen LogP contribution in [-0.4, -0.2) is 58.1 Å². The predicted molar refractivity (Wildman–Crippen MR) is 142 cm³/mol. The summed E-state index contributed by atoms with van der Waals surface area (Å²) in [7, 11) is 0. The monoisotopic (exact) mass is 511 g/mol. The van der Waals surface area contributed by atoms with Crippen molar-refractivity contribution in [3.63, 3.8) is 0 Å². The van der Waals surface area contributed by atoms with Crippen molar-refractivity contribution in [1.29, 1.82) is 0 Å². The largest absolute Gasteiger partial charge is 0.506 e. The van der Waals surface area contributed by atoms with Gasteiger partial charge in [-0.15, -0.1) is 0 Å². The van der Waals surface area contributed by atoms with Crippen LogP contribution in [0.3, 0.4) is 0 Å². The number of aromatic hydroxyl groups is 1. The topological polar surface area (TPSA) is 103 Å². The number of aromatic amines is 1. The van der Waals surface area contributed by atoms with Crippen LogP contribution in [-0.2, 0) is 22.6 Å². The average molecular weight is 512 g/mol. The maximum absolute atomic E-state index is 13.1. The number of hydrogen-bond donors (Lipinski definition) is 2. The highest BCUT2D eigenvalue weighted by Crippen LogP contribution is 2.28. The molecule has 0 atom stereocenters. The second-order valence-corrected chi connectivity index (χ2v) is 10.7. The number of nitrogens with one attached hydrogen (secondary N) is 1. The van der Waals surface area contributed by atoms with Gasteiger partial charge in [0.05, 0.1) is 4.70 Å². The number of carbonyl (C=O) groups is 2. The molecule has 0 bridgehead atoms. The number of hydrogen-bond acceptors (Lipinski definition) is 6. The lowest BCUT2D eigenvalue weighted by Gasteiger charge is -2.31. The molecule has 1 aromatic heterocycles. The van der Waals surface area contributed by atoms with Crippen molar-refractivity contribution in [2.24, 2.45) is 5.41 Å². The summed E-state index contributed by atoms with van der Waals surface area (Å²) in [5, 5.41) is 10.1. The summed E-state index contributed by atoms with van der Waals surface area (Å²) in [6, 6.07) is 12.7. The number of thiazole rings is 1. The van der Waals surface area contributed by atoms with Crippen molar-refractivity contribution in [2.75, 3.05) is 26.2 Å². The van der Waals surface area contributed by atoms with E-state index in [4.69, 9.17) is 4.74 Å². The maximum Gasteiger partial charge on any atom is 0.410 e. The second-order valence-electron chi connectivity index (χ2n) is 9.76. The lowest BCUT2D eigenvalue weighted by molar-refractivity contribution is -0.127. The Balaban J connectivity index is 1.77. The summed E-state index contributed by atoms with van der Waals surface area (Å²) in [5.41, 5.74) is 1.98. The molecule has 2 N–H and O–H groups in total. The van der Waals surface area contributed by atoms with Crippen LogP contribution in [0.25, 0.3) is 10.2 Å². The molecule has 0 unspecified atom stereocenters. The number of amides is 2. The average Bonchev–Trinajstić information content (AvgIpc) is 3.24. The molecule has 0 spiro atoms. The Hall–Kier alpha value is -3.59. The normalized spacial score (nSPS) is 11.3. The number of nitrogens with zero attached hydrogens (tertiary/aromatic N) is 2. The van der Waals surface area contributed by atoms with Crippen molar-refractivity contribution < 1.29 is 19.4 Å². The fraction of sp³-hybridized carbons (Fsp3) is 0.370. The minimum absolute atomic E-state index is 0.00647. The van der Waals surface area contributed by atoms with Crippen LogP contribution in [0.1, 0.15) is 31.9 Å². The maximum atomic E-state index is 13.1. The Kier molecular flexibility index (Phi) is 8.93. The van der Waals surface area contributed by atoms with Gasteiger partial charge >= 0.3 is 11.0 Å². The van der Waals surface area contributed by atoms with Gasteiger partial charge in [0.2, 0.25) is 5.91 Å². The minimum atomic E-state index is -0.488. The van der Waals surface area contributed by atoms with E-state index in [2.05, 4.69) is 11.6 Å². The molecule has 0 aliphatic rings. The summed E-state index contributed by atoms with van der Waals surface area (Å²) in [6.07, 6.45) is 1.24. The first-order valence-electron chi connectivity index (χ1n) is 11.8. The molecule has 0 aliphatic heterocycles. The van der Waals surface area contributed by atoms with Gasteiger partial charge in [-0.05, 0) is 35.1 Å². The molecule has 0 saturated carbocycles. The zero-order chi connectivity index (χ0) is 26.3. The highest BCUT2D eigenvalue weighted by molar-refractivity contribution is 7.16. The summed E-state index contributed by atoms with van der Waals surface area (Å²) >= 11 is 1.02. The molecule has 0 saturated heterocycles. The van der Waals surface area contributed by atoms with Crippen LogP contribution in [0.15, 0.2) is 59.9 Å². The standard InChI is InChI=1S/C27H33N3O5S/c1-5-22(32)30(18-27(2,3)4)16-15-29(26(34)35-17-19-9-7-6-8-10-19)14-13-20-11-12-21(31)23-24(20)36-25(33)28-23/h5-12,31H,1,13-18H2,2-4H3,(H,28,33). The molecule has 1 heterocycles. The predicted octanol–water partition coefficient (Wildman–Crippen LogP) is 4.54. The van der Waals surface area contributed by atoms with E-state index in [1.807, 2.05) is 51.1 Å². The van der Waals surface area contributed by atoms with E-state index < -0.39 is 6.09 Å². The van der Waals surface area contributed by atoms with E-state index in [1.165, 1.54) is 12.1 Å². The number of rotatable bonds is 10. The number of carbonyl (C=O) groups excluding carboxylic acids is 2. The number of phenols is 1. The third kappa shape index (κ3) is 7.45. The molecule has 0 aliphatic carbocycles. The van der Waals surface area contributed by atoms with E-state index >= 15 is 0 Å². The fourth-order valence-corrected chi connectivity index (χ4v) is 4.74. The number of ether oxygens (including phenoxy) is 1. The van der Waals surface area contributed by atoms with Gasteiger partial charge in [0.25, 0.3) is 0 Å². The molecule has 36 heavy (non-hydrogen) atoms. The molecule has 2 amide bonds. The number of fused-ring (bicyclic) bond motifs is 1. The van der Waals surface area contributed by atoms with Gasteiger partial charge in [0.15, 0.2) is 0 Å². The Morgan fingerprint density at radius 1 is 1.08 bits per heavy atom. The third-order valence-electron chi connectivity index (χ3n) is 5.54. The van der Waals surface area contributed by atoms with Crippen LogP contribution in [0.4, 0.5) is 4.79 Å². The first-order chi connectivity index (χ1) is 17.1. The summed E-state index contributed by atoms with van der Waals surface area (Å²) in [4.78, 5) is 43.1. The molecule has 2 aromatic carbocycles. The molecular weight excluding hydrogens is 478 g/mol. The van der Waals surface area contributed by atoms with Gasteiger partial charge in [-0.1, -0.05) is 75.1 Å². The van der Waals surface area contributed by atoms with Crippen molar-refractivity contribution in [3.8, 4) is 5.75 Å². The van der Waals surface area contributed by atoms with E-state index in [1.54, 1.807) is 15.9 Å². The number of benzene rings is 2. The lowest BCUT2D eigenvalue weighted by Crippen LogP contribution is -2.44. The Labute approximate surface area is 214 Å². The van der Waals surface area contributed by atoms with Crippen molar-refractivity contribution in [3.05, 3.63) is 75.9 Å². The smallest absolute Gasteiger partial charge is 0.410 e. The van der Waals surface area contributed by atoms with Crippen LogP contribution in [0.5, 0.6) is 5.75 Å². The van der Waals surface area contributed by atoms with Gasteiger partial charge in [-0.3, -0.25) is 9.59 Å². The van der Waals surface area contributed by atoms with E-state index in [9.17, 15) is 19.5 Å². The zero-order valence-corrected chi connectivity index (χ0v) is 21.8. The highest BCUT2D eigenvalue weighted by Gasteiger charge is 2.23. The van der Waals surface area contributed by atoms with E-state index in [-0.39, 0.29) is 35.1 Å². The van der Waals surface area contributed by atoms with Gasteiger partial charge < -0.3 is 24.6 Å². The highest BCUT2D eigenvalue weighted by atomic mass is 32.1. The molecule has 0 fully saturated rings. The molecule has 3 rings (SSSR count). The van der Waals surface area contributed by atoms with Gasteiger partial charge in [0.1, 0.15) is 17.9 Å². The van der Waals surface area contributed by atoms with E-state index in [0.717, 1.165) is 22.5 Å². The molecule has 192 valence electrons. The first kappa shape index (κ1) is 27.0. The van der Waals surface area contributed by atoms with E-state index in [0.29, 0.717) is 36.3 Å². The quantitative estimate of drug-likeness (QED) is 0.389. The van der Waals surface area contributed by atoms with Crippen LogP contribution < -0.4 is 4.87 Å². The molecule has 8 nitrogen and oxygen atoms in total. The molecular formula is C27H33N3O5S. The summed E-state index contributed by atoms with van der Waals surface area (Å²) in [6.45, 7) is 11.3. The lowest BCUT2D eigenvalue weighted by atomic mass is 9.96. The molecule has 3 aromatic rings.